The molecule has 10 heteroatoms. The summed E-state index contributed by atoms with van der Waals surface area (Å²) >= 11 is 0. The summed E-state index contributed by atoms with van der Waals surface area (Å²) in [6.07, 6.45) is 0. The maximum atomic E-state index is 13.5. The van der Waals surface area contributed by atoms with Crippen LogP contribution in [0.5, 0.6) is 0 Å². The summed E-state index contributed by atoms with van der Waals surface area (Å²) in [4.78, 5) is 23.5. The van der Waals surface area contributed by atoms with E-state index >= 15 is 0 Å². The molecule has 0 saturated carbocycles. The van der Waals surface area contributed by atoms with Gasteiger partial charge in [0.15, 0.2) is 17.6 Å². The minimum absolute atomic E-state index is 0. The van der Waals surface area contributed by atoms with Gasteiger partial charge in [-0.25, -0.2) is 8.78 Å². The first kappa shape index (κ1) is 26.7. The van der Waals surface area contributed by atoms with Gasteiger partial charge in [0.1, 0.15) is 0 Å². The van der Waals surface area contributed by atoms with Crippen LogP contribution in [0.25, 0.3) is 0 Å². The summed E-state index contributed by atoms with van der Waals surface area (Å²) in [6, 6.07) is 4.01. The lowest BCUT2D eigenvalue weighted by Crippen LogP contribution is -2.55. The number of morpholine rings is 1. The van der Waals surface area contributed by atoms with E-state index in [1.54, 1.807) is 6.07 Å². The van der Waals surface area contributed by atoms with Crippen molar-refractivity contribution in [2.24, 2.45) is 4.99 Å². The van der Waals surface area contributed by atoms with Crippen molar-refractivity contribution in [3.63, 3.8) is 0 Å². The highest BCUT2D eigenvalue weighted by Gasteiger charge is 2.24. The molecule has 2 fully saturated rings. The van der Waals surface area contributed by atoms with E-state index in [1.165, 1.54) is 6.07 Å². The molecule has 1 amide bonds. The average Bonchev–Trinajstić information content (AvgIpc) is 2.79. The molecule has 0 bridgehead atoms. The Bertz CT molecular complexity index is 769. The number of carbonyl (C=O) groups excluding carboxylic acids is 1. The molecule has 0 radical (unpaired) electrons. The van der Waals surface area contributed by atoms with Gasteiger partial charge in [-0.05, 0) is 24.6 Å². The van der Waals surface area contributed by atoms with Crippen molar-refractivity contribution >= 4 is 35.8 Å². The van der Waals surface area contributed by atoms with Crippen molar-refractivity contribution in [2.45, 2.75) is 19.8 Å². The molecular weight excluding hydrogens is 531 g/mol. The highest BCUT2D eigenvalue weighted by Crippen LogP contribution is 2.18. The number of carbonyl (C=O) groups is 1. The van der Waals surface area contributed by atoms with Crippen molar-refractivity contribution in [3.8, 4) is 0 Å². The topological polar surface area (TPSA) is 60.4 Å². The van der Waals surface area contributed by atoms with Gasteiger partial charge in [0.25, 0.3) is 0 Å². The molecule has 1 aromatic rings. The number of benzene rings is 1. The number of ether oxygens (including phenoxy) is 1. The van der Waals surface area contributed by atoms with Crippen molar-refractivity contribution < 1.29 is 18.3 Å². The van der Waals surface area contributed by atoms with Gasteiger partial charge in [-0.15, -0.1) is 24.0 Å². The van der Waals surface area contributed by atoms with E-state index in [-0.39, 0.29) is 35.8 Å². The molecule has 7 nitrogen and oxygen atoms in total. The Morgan fingerprint density at radius 1 is 1.09 bits per heavy atom. The van der Waals surface area contributed by atoms with Gasteiger partial charge in [-0.1, -0.05) is 13.0 Å². The third kappa shape index (κ3) is 7.51. The second-order valence-corrected chi connectivity index (χ2v) is 8.03. The summed E-state index contributed by atoms with van der Waals surface area (Å²) in [5.74, 6) is -0.717. The molecule has 2 saturated heterocycles. The Morgan fingerprint density at radius 3 is 2.41 bits per heavy atom. The minimum atomic E-state index is -0.835. The molecule has 0 spiro atoms. The van der Waals surface area contributed by atoms with Crippen LogP contribution in [0.3, 0.4) is 0 Å². The van der Waals surface area contributed by atoms with Crippen LogP contribution in [0.15, 0.2) is 23.2 Å². The van der Waals surface area contributed by atoms with E-state index in [0.29, 0.717) is 39.4 Å². The Labute approximate surface area is 206 Å². The van der Waals surface area contributed by atoms with E-state index in [9.17, 15) is 13.6 Å². The largest absolute Gasteiger partial charge is 0.378 e. The Hall–Kier alpha value is -1.53. The van der Waals surface area contributed by atoms with Gasteiger partial charge >= 0.3 is 0 Å². The van der Waals surface area contributed by atoms with Crippen LogP contribution in [0.1, 0.15) is 25.3 Å². The predicted octanol–water partition coefficient (Wildman–Crippen LogP) is 2.13. The molecule has 1 N–H and O–H groups in total. The second-order valence-electron chi connectivity index (χ2n) is 8.03. The normalized spacial score (nSPS) is 18.8. The van der Waals surface area contributed by atoms with E-state index in [0.717, 1.165) is 50.3 Å². The number of hydrogen-bond acceptors (Lipinski definition) is 4. The lowest BCUT2D eigenvalue weighted by atomic mass is 10.0. The molecule has 2 heterocycles. The monoisotopic (exact) mass is 565 g/mol. The number of nitrogens with zero attached hydrogens (tertiary/aromatic N) is 4. The van der Waals surface area contributed by atoms with Crippen LogP contribution >= 0.6 is 24.0 Å². The number of amides is 1. The first-order chi connectivity index (χ1) is 15.0. The lowest BCUT2D eigenvalue weighted by molar-refractivity contribution is -0.136. The smallest absolute Gasteiger partial charge is 0.236 e. The van der Waals surface area contributed by atoms with Gasteiger partial charge in [0, 0.05) is 58.3 Å². The molecule has 2 aliphatic rings. The Morgan fingerprint density at radius 2 is 1.78 bits per heavy atom. The molecule has 0 aromatic heterocycles. The first-order valence-electron chi connectivity index (χ1n) is 11.0. The van der Waals surface area contributed by atoms with Gasteiger partial charge in [-0.2, -0.15) is 0 Å². The summed E-state index contributed by atoms with van der Waals surface area (Å²) in [5.41, 5.74) is 0.727. The SMILES string of the molecule is CCNC(=NCC(C)c1ccc(F)c(F)c1)N1CCN(CC(=O)N2CCOCC2)CC1.I. The highest BCUT2D eigenvalue weighted by atomic mass is 127. The Balaban J connectivity index is 0.00000363. The average molecular weight is 565 g/mol. The van der Waals surface area contributed by atoms with Crippen molar-refractivity contribution in [1.29, 1.82) is 0 Å². The fourth-order valence-corrected chi connectivity index (χ4v) is 3.80. The Kier molecular flexibility index (Phi) is 11.1. The third-order valence-electron chi connectivity index (χ3n) is 5.76. The van der Waals surface area contributed by atoms with Gasteiger partial charge in [0.05, 0.1) is 19.8 Å². The van der Waals surface area contributed by atoms with Crippen LogP contribution in [-0.2, 0) is 9.53 Å². The molecule has 1 unspecified atom stereocenters. The predicted molar refractivity (Wildman–Crippen MR) is 132 cm³/mol. The fraction of sp³-hybridized carbons (Fsp3) is 0.636. The number of hydrogen-bond donors (Lipinski definition) is 1. The molecule has 0 aliphatic carbocycles. The quantitative estimate of drug-likeness (QED) is 0.326. The van der Waals surface area contributed by atoms with Crippen LogP contribution in [0, 0.1) is 11.6 Å². The summed E-state index contributed by atoms with van der Waals surface area (Å²) < 4.78 is 32.0. The lowest BCUT2D eigenvalue weighted by Gasteiger charge is -2.37. The van der Waals surface area contributed by atoms with Crippen LogP contribution in [0.2, 0.25) is 0 Å². The van der Waals surface area contributed by atoms with Crippen molar-refractivity contribution in [2.75, 3.05) is 72.1 Å². The van der Waals surface area contributed by atoms with E-state index < -0.39 is 11.6 Å². The van der Waals surface area contributed by atoms with Crippen LogP contribution in [0.4, 0.5) is 8.78 Å². The number of aliphatic imine (C=N–C) groups is 1. The summed E-state index contributed by atoms with van der Waals surface area (Å²) in [6.45, 7) is 11.3. The molecule has 2 aliphatic heterocycles. The minimum Gasteiger partial charge on any atom is -0.378 e. The second kappa shape index (κ2) is 13.2. The van der Waals surface area contributed by atoms with Gasteiger partial charge in [-0.3, -0.25) is 14.7 Å². The zero-order chi connectivity index (χ0) is 22.2. The summed E-state index contributed by atoms with van der Waals surface area (Å²) in [5, 5.41) is 3.32. The number of guanidine groups is 1. The maximum Gasteiger partial charge on any atom is 0.236 e. The molecule has 1 aromatic carbocycles. The van der Waals surface area contributed by atoms with Gasteiger partial charge in [0.2, 0.25) is 5.91 Å². The van der Waals surface area contributed by atoms with Crippen molar-refractivity contribution in [1.82, 2.24) is 20.0 Å². The highest BCUT2D eigenvalue weighted by molar-refractivity contribution is 14.0. The zero-order valence-electron chi connectivity index (χ0n) is 18.9. The third-order valence-corrected chi connectivity index (χ3v) is 5.76. The number of nitrogens with one attached hydrogen (secondary N) is 1. The molecule has 180 valence electrons. The van der Waals surface area contributed by atoms with Gasteiger partial charge < -0.3 is 19.9 Å². The molecule has 1 atom stereocenters. The molecular formula is C22H34F2IN5O2. The van der Waals surface area contributed by atoms with Crippen LogP contribution in [-0.4, -0.2) is 98.7 Å². The standard InChI is InChI=1S/C22H33F2N5O2.HI/c1-3-25-22(26-15-17(2)18-4-5-19(23)20(24)14-18)29-8-6-27(7-9-29)16-21(30)28-10-12-31-13-11-28;/h4-5,14,17H,3,6-13,15-16H2,1-2H3,(H,25,26);1H. The first-order valence-corrected chi connectivity index (χ1v) is 11.0. The van der Waals surface area contributed by atoms with Crippen molar-refractivity contribution in [3.05, 3.63) is 35.4 Å². The maximum absolute atomic E-state index is 13.5. The summed E-state index contributed by atoms with van der Waals surface area (Å²) in [7, 11) is 0. The zero-order valence-corrected chi connectivity index (χ0v) is 21.2. The molecule has 32 heavy (non-hydrogen) atoms. The fourth-order valence-electron chi connectivity index (χ4n) is 3.80. The van der Waals surface area contributed by atoms with Crippen LogP contribution < -0.4 is 5.32 Å². The number of piperazine rings is 1. The van der Waals surface area contributed by atoms with E-state index in [2.05, 4.69) is 15.1 Å². The molecule has 3 rings (SSSR count). The van der Waals surface area contributed by atoms with E-state index in [1.807, 2.05) is 18.7 Å². The number of rotatable bonds is 6. The number of halogens is 3. The van der Waals surface area contributed by atoms with E-state index in [4.69, 9.17) is 9.73 Å².